The molecule has 3 aliphatic rings. The second-order valence-electron chi connectivity index (χ2n) is 8.93. The van der Waals surface area contributed by atoms with Gasteiger partial charge in [0.1, 0.15) is 0 Å². The van der Waals surface area contributed by atoms with Crippen LogP contribution in [-0.2, 0) is 17.3 Å². The van der Waals surface area contributed by atoms with Crippen molar-refractivity contribution in [3.63, 3.8) is 0 Å². The fourth-order valence-electron chi connectivity index (χ4n) is 5.51. The third kappa shape index (κ3) is 2.14. The maximum Gasteiger partial charge on any atom is 0.0155 e. The fraction of sp³-hybridized carbons (Fsp3) is 0.385. The molecule has 26 heavy (non-hydrogen) atoms. The molecular formula is C26H30. The van der Waals surface area contributed by atoms with E-state index in [-0.39, 0.29) is 10.8 Å². The Hall–Kier alpha value is -2.08. The Bertz CT molecular complexity index is 923. The lowest BCUT2D eigenvalue weighted by molar-refractivity contribution is 0.490. The van der Waals surface area contributed by atoms with Crippen molar-refractivity contribution in [2.45, 2.75) is 64.7 Å². The monoisotopic (exact) mass is 342 g/mol. The molecule has 3 aliphatic carbocycles. The van der Waals surface area contributed by atoms with E-state index >= 15 is 0 Å². The Kier molecular flexibility index (Phi) is 3.81. The molecule has 1 aromatic carbocycles. The molecule has 0 saturated heterocycles. The summed E-state index contributed by atoms with van der Waals surface area (Å²) < 4.78 is 0. The molecule has 0 aromatic heterocycles. The van der Waals surface area contributed by atoms with Crippen LogP contribution in [0.15, 0.2) is 65.8 Å². The average molecular weight is 343 g/mol. The maximum absolute atomic E-state index is 4.17. The van der Waals surface area contributed by atoms with Crippen molar-refractivity contribution in [3.05, 3.63) is 88.1 Å². The predicted molar refractivity (Wildman–Crippen MR) is 114 cm³/mol. The molecule has 0 fully saturated rings. The van der Waals surface area contributed by atoms with Gasteiger partial charge < -0.3 is 0 Å². The molecule has 0 bridgehead atoms. The van der Waals surface area contributed by atoms with Gasteiger partial charge >= 0.3 is 0 Å². The second kappa shape index (κ2) is 5.71. The Labute approximate surface area is 158 Å². The summed E-state index contributed by atoms with van der Waals surface area (Å²) in [5.74, 6) is 0. The van der Waals surface area contributed by atoms with Gasteiger partial charge in [0.05, 0.1) is 0 Å². The molecule has 0 heterocycles. The summed E-state index contributed by atoms with van der Waals surface area (Å²) in [6, 6.07) is 4.79. The van der Waals surface area contributed by atoms with Gasteiger partial charge in [0, 0.05) is 10.8 Å². The molecule has 134 valence electrons. The summed E-state index contributed by atoms with van der Waals surface area (Å²) in [4.78, 5) is 0. The van der Waals surface area contributed by atoms with E-state index in [1.165, 1.54) is 51.8 Å². The van der Waals surface area contributed by atoms with Gasteiger partial charge in [-0.15, -0.1) is 0 Å². The Morgan fingerprint density at radius 2 is 1.85 bits per heavy atom. The molecule has 0 aliphatic heterocycles. The van der Waals surface area contributed by atoms with Gasteiger partial charge in [-0.25, -0.2) is 0 Å². The minimum Gasteiger partial charge on any atom is -0.0984 e. The lowest BCUT2D eigenvalue weighted by Crippen LogP contribution is -2.38. The smallest absolute Gasteiger partial charge is 0.0155 e. The van der Waals surface area contributed by atoms with E-state index in [1.54, 1.807) is 5.57 Å². The topological polar surface area (TPSA) is 0 Å². The van der Waals surface area contributed by atoms with Crippen molar-refractivity contribution in [2.24, 2.45) is 0 Å². The Balaban J connectivity index is 2.08. The molecule has 0 saturated carbocycles. The Morgan fingerprint density at radius 3 is 2.54 bits per heavy atom. The summed E-state index contributed by atoms with van der Waals surface area (Å²) >= 11 is 0. The largest absolute Gasteiger partial charge is 0.0984 e. The zero-order valence-corrected chi connectivity index (χ0v) is 16.9. The van der Waals surface area contributed by atoms with Crippen LogP contribution in [0.25, 0.3) is 5.57 Å². The van der Waals surface area contributed by atoms with Gasteiger partial charge in [-0.2, -0.15) is 0 Å². The number of hydrogen-bond donors (Lipinski definition) is 0. The van der Waals surface area contributed by atoms with Gasteiger partial charge in [0.15, 0.2) is 0 Å². The first-order valence-corrected chi connectivity index (χ1v) is 9.90. The minimum absolute atomic E-state index is 0.0299. The van der Waals surface area contributed by atoms with Crippen molar-refractivity contribution in [2.75, 3.05) is 0 Å². The maximum atomic E-state index is 4.17. The van der Waals surface area contributed by atoms with E-state index in [0.717, 1.165) is 6.42 Å². The van der Waals surface area contributed by atoms with Crippen LogP contribution >= 0.6 is 0 Å². The third-order valence-electron chi connectivity index (χ3n) is 6.76. The zero-order valence-electron chi connectivity index (χ0n) is 16.9. The van der Waals surface area contributed by atoms with Crippen LogP contribution in [0.4, 0.5) is 0 Å². The van der Waals surface area contributed by atoms with Crippen LogP contribution in [0.1, 0.15) is 69.7 Å². The van der Waals surface area contributed by atoms with Gasteiger partial charge in [0.2, 0.25) is 0 Å². The highest BCUT2D eigenvalue weighted by Gasteiger charge is 2.45. The van der Waals surface area contributed by atoms with E-state index in [1.807, 2.05) is 0 Å². The molecule has 1 aromatic rings. The van der Waals surface area contributed by atoms with Crippen molar-refractivity contribution in [1.29, 1.82) is 0 Å². The fourth-order valence-corrected chi connectivity index (χ4v) is 5.51. The third-order valence-corrected chi connectivity index (χ3v) is 6.76. The first-order chi connectivity index (χ1) is 12.3. The summed E-state index contributed by atoms with van der Waals surface area (Å²) in [7, 11) is 0. The number of rotatable bonds is 2. The summed E-state index contributed by atoms with van der Waals surface area (Å²) in [5, 5.41) is 0. The summed E-state index contributed by atoms with van der Waals surface area (Å²) in [6.45, 7) is 15.9. The zero-order chi connectivity index (χ0) is 18.7. The highest BCUT2D eigenvalue weighted by molar-refractivity contribution is 5.88. The van der Waals surface area contributed by atoms with Gasteiger partial charge in [0.25, 0.3) is 0 Å². The standard InChI is InChI=1S/C26H30/c1-7-11-17-16-18-14-15-22-24(23(18)19(17)8-2)26(5,6)21-13-10-9-12-20(21)25(22,3)4/h7-8,10-11,13-15H,2,9,12,16H2,1,3-6H3/b11-7-. The molecule has 0 nitrogen and oxygen atoms in total. The van der Waals surface area contributed by atoms with Crippen LogP contribution < -0.4 is 0 Å². The highest BCUT2D eigenvalue weighted by Crippen LogP contribution is 2.55. The second-order valence-corrected chi connectivity index (χ2v) is 8.93. The van der Waals surface area contributed by atoms with Crippen molar-refractivity contribution in [3.8, 4) is 0 Å². The predicted octanol–water partition coefficient (Wildman–Crippen LogP) is 6.97. The SMILES string of the molecule is C=CC1=C(/C=C\C)Cc2ccc3c(c21)C(C)(C)C1=C(CCC=C1)C3(C)C. The van der Waals surface area contributed by atoms with Gasteiger partial charge in [-0.1, -0.05) is 82.4 Å². The van der Waals surface area contributed by atoms with Gasteiger partial charge in [-0.3, -0.25) is 0 Å². The van der Waals surface area contributed by atoms with Gasteiger partial charge in [-0.05, 0) is 65.2 Å². The van der Waals surface area contributed by atoms with Crippen molar-refractivity contribution < 1.29 is 0 Å². The quantitative estimate of drug-likeness (QED) is 0.544. The first-order valence-electron chi connectivity index (χ1n) is 9.90. The van der Waals surface area contributed by atoms with E-state index in [2.05, 4.69) is 83.7 Å². The van der Waals surface area contributed by atoms with Crippen LogP contribution in [0, 0.1) is 0 Å². The van der Waals surface area contributed by atoms with E-state index in [9.17, 15) is 0 Å². The lowest BCUT2D eigenvalue weighted by atomic mass is 9.57. The Morgan fingerprint density at radius 1 is 1.08 bits per heavy atom. The summed E-state index contributed by atoms with van der Waals surface area (Å²) in [6.07, 6.45) is 14.6. The number of fused-ring (bicyclic) bond motifs is 3. The average Bonchev–Trinajstić information content (AvgIpc) is 2.97. The number of hydrogen-bond acceptors (Lipinski definition) is 0. The van der Waals surface area contributed by atoms with Crippen LogP contribution in [0.3, 0.4) is 0 Å². The molecule has 0 unspecified atom stereocenters. The first kappa shape index (κ1) is 17.3. The van der Waals surface area contributed by atoms with Crippen molar-refractivity contribution in [1.82, 2.24) is 0 Å². The van der Waals surface area contributed by atoms with Crippen LogP contribution in [0.5, 0.6) is 0 Å². The normalized spacial score (nSPS) is 22.5. The van der Waals surface area contributed by atoms with Crippen LogP contribution in [0.2, 0.25) is 0 Å². The van der Waals surface area contributed by atoms with E-state index in [4.69, 9.17) is 0 Å². The number of allylic oxidation sites excluding steroid dienone is 9. The van der Waals surface area contributed by atoms with Crippen LogP contribution in [-0.4, -0.2) is 0 Å². The molecule has 0 spiro atoms. The summed E-state index contributed by atoms with van der Waals surface area (Å²) in [5.41, 5.74) is 12.0. The van der Waals surface area contributed by atoms with E-state index < -0.39 is 0 Å². The van der Waals surface area contributed by atoms with Crippen molar-refractivity contribution >= 4 is 5.57 Å². The molecule has 0 N–H and O–H groups in total. The molecule has 4 rings (SSSR count). The lowest BCUT2D eigenvalue weighted by Gasteiger charge is -2.47. The molecular weight excluding hydrogens is 312 g/mol. The molecule has 0 heteroatoms. The highest BCUT2D eigenvalue weighted by atomic mass is 14.5. The minimum atomic E-state index is 0.0299. The van der Waals surface area contributed by atoms with E-state index in [0.29, 0.717) is 0 Å². The number of benzene rings is 1. The molecule has 0 radical (unpaired) electrons. The molecule has 0 atom stereocenters. The molecule has 0 amide bonds.